The Bertz CT molecular complexity index is 801. The molecule has 3 aromatic heterocycles. The van der Waals surface area contributed by atoms with E-state index in [2.05, 4.69) is 29.7 Å². The summed E-state index contributed by atoms with van der Waals surface area (Å²) in [5.74, 6) is 2.65. The van der Waals surface area contributed by atoms with E-state index in [0.717, 1.165) is 48.4 Å². The van der Waals surface area contributed by atoms with Crippen LogP contribution in [-0.2, 0) is 6.54 Å². The second-order valence-electron chi connectivity index (χ2n) is 6.03. The van der Waals surface area contributed by atoms with Crippen LogP contribution < -0.4 is 4.90 Å². The van der Waals surface area contributed by atoms with Crippen molar-refractivity contribution in [2.24, 2.45) is 0 Å². The highest BCUT2D eigenvalue weighted by atomic mass is 15.4. The van der Waals surface area contributed by atoms with Crippen molar-refractivity contribution < 1.29 is 0 Å². The predicted molar refractivity (Wildman–Crippen MR) is 93.5 cm³/mol. The van der Waals surface area contributed by atoms with E-state index in [1.54, 1.807) is 0 Å². The largest absolute Gasteiger partial charge is 0.358 e. The van der Waals surface area contributed by atoms with Gasteiger partial charge in [-0.2, -0.15) is 5.10 Å². The number of hydrogen-bond donors (Lipinski definition) is 0. The monoisotopic (exact) mass is 325 g/mol. The van der Waals surface area contributed by atoms with Crippen LogP contribution >= 0.6 is 0 Å². The zero-order chi connectivity index (χ0) is 17.1. The van der Waals surface area contributed by atoms with Gasteiger partial charge < -0.3 is 9.47 Å². The van der Waals surface area contributed by atoms with E-state index >= 15 is 0 Å². The summed E-state index contributed by atoms with van der Waals surface area (Å²) in [6.45, 7) is 7.87. The molecule has 3 heterocycles. The molecular weight excluding hydrogens is 302 g/mol. The zero-order valence-corrected chi connectivity index (χ0v) is 14.6. The summed E-state index contributed by atoms with van der Waals surface area (Å²) in [7, 11) is 2.04. The molecule has 24 heavy (non-hydrogen) atoms. The third-order valence-corrected chi connectivity index (χ3v) is 4.07. The van der Waals surface area contributed by atoms with Gasteiger partial charge in [-0.25, -0.2) is 9.67 Å². The van der Waals surface area contributed by atoms with E-state index in [-0.39, 0.29) is 0 Å². The van der Waals surface area contributed by atoms with Crippen molar-refractivity contribution in [3.8, 4) is 5.82 Å². The maximum Gasteiger partial charge on any atom is 0.176 e. The first kappa shape index (κ1) is 16.2. The van der Waals surface area contributed by atoms with Gasteiger partial charge in [-0.05, 0) is 45.4 Å². The van der Waals surface area contributed by atoms with E-state index < -0.39 is 0 Å². The van der Waals surface area contributed by atoms with Crippen molar-refractivity contribution >= 4 is 5.82 Å². The van der Waals surface area contributed by atoms with Gasteiger partial charge in [0.15, 0.2) is 11.6 Å². The zero-order valence-electron chi connectivity index (χ0n) is 14.6. The molecule has 0 bridgehead atoms. The van der Waals surface area contributed by atoms with E-state index in [1.165, 1.54) is 0 Å². The number of rotatable bonds is 6. The van der Waals surface area contributed by atoms with E-state index in [0.29, 0.717) is 0 Å². The molecule has 0 fully saturated rings. The van der Waals surface area contributed by atoms with Gasteiger partial charge in [0.25, 0.3) is 0 Å². The van der Waals surface area contributed by atoms with Gasteiger partial charge >= 0.3 is 0 Å². The Morgan fingerprint density at radius 1 is 1.12 bits per heavy atom. The van der Waals surface area contributed by atoms with Crippen molar-refractivity contribution in [2.45, 2.75) is 33.7 Å². The van der Waals surface area contributed by atoms with Gasteiger partial charge in [-0.3, -0.25) is 0 Å². The lowest BCUT2D eigenvalue weighted by molar-refractivity contribution is 0.619. The molecule has 7 heteroatoms. The lowest BCUT2D eigenvalue weighted by atomic mass is 10.3. The van der Waals surface area contributed by atoms with Crippen molar-refractivity contribution in [3.05, 3.63) is 47.8 Å². The molecule has 0 aromatic carbocycles. The fourth-order valence-electron chi connectivity index (χ4n) is 2.73. The van der Waals surface area contributed by atoms with Crippen molar-refractivity contribution in [2.75, 3.05) is 18.5 Å². The molecule has 0 N–H and O–H groups in total. The summed E-state index contributed by atoms with van der Waals surface area (Å²) >= 11 is 0. The molecule has 0 aliphatic carbocycles. The first-order valence-corrected chi connectivity index (χ1v) is 8.11. The highest BCUT2D eigenvalue weighted by Crippen LogP contribution is 2.13. The number of hydrogen-bond acceptors (Lipinski definition) is 5. The van der Waals surface area contributed by atoms with Gasteiger partial charge in [-0.15, -0.1) is 10.2 Å². The van der Waals surface area contributed by atoms with Crippen LogP contribution in [0.5, 0.6) is 0 Å². The van der Waals surface area contributed by atoms with Crippen LogP contribution in [0.4, 0.5) is 5.82 Å². The van der Waals surface area contributed by atoms with Crippen molar-refractivity contribution in [1.29, 1.82) is 0 Å². The highest BCUT2D eigenvalue weighted by molar-refractivity contribution is 5.39. The molecule has 0 atom stereocenters. The van der Waals surface area contributed by atoms with Gasteiger partial charge in [0.2, 0.25) is 0 Å². The molecule has 7 nitrogen and oxygen atoms in total. The number of imidazole rings is 1. The van der Waals surface area contributed by atoms with Crippen molar-refractivity contribution in [1.82, 2.24) is 29.5 Å². The van der Waals surface area contributed by atoms with Crippen LogP contribution in [0.1, 0.15) is 23.6 Å². The topological polar surface area (TPSA) is 64.7 Å². The molecule has 0 amide bonds. The maximum atomic E-state index is 4.43. The Kier molecular flexibility index (Phi) is 4.59. The molecule has 0 aliphatic rings. The molecule has 3 aromatic rings. The summed E-state index contributed by atoms with van der Waals surface area (Å²) in [5, 5.41) is 13.1. The summed E-state index contributed by atoms with van der Waals surface area (Å²) in [6.07, 6.45) is 4.87. The Balaban J connectivity index is 1.60. The standard InChI is InChI=1S/C17H23N7/c1-13-12-14(2)24(21-13)17-7-6-16(19-20-17)22(4)9-5-10-23-11-8-18-15(23)3/h6-8,11-12H,5,9-10H2,1-4H3. The third kappa shape index (κ3) is 3.45. The van der Waals surface area contributed by atoms with Crippen LogP contribution in [0.2, 0.25) is 0 Å². The Morgan fingerprint density at radius 3 is 2.54 bits per heavy atom. The fraction of sp³-hybridized carbons (Fsp3) is 0.412. The smallest absolute Gasteiger partial charge is 0.176 e. The van der Waals surface area contributed by atoms with Crippen LogP contribution in [0.15, 0.2) is 30.6 Å². The second kappa shape index (κ2) is 6.82. The summed E-state index contributed by atoms with van der Waals surface area (Å²) < 4.78 is 3.97. The lowest BCUT2D eigenvalue weighted by Crippen LogP contribution is -2.21. The molecular formula is C17H23N7. The van der Waals surface area contributed by atoms with E-state index in [4.69, 9.17) is 0 Å². The minimum absolute atomic E-state index is 0.742. The lowest BCUT2D eigenvalue weighted by Gasteiger charge is -2.18. The predicted octanol–water partition coefficient (Wildman–Crippen LogP) is 2.31. The number of nitrogens with zero attached hydrogens (tertiary/aromatic N) is 7. The average molecular weight is 325 g/mol. The first-order chi connectivity index (χ1) is 11.5. The number of anilines is 1. The Labute approximate surface area is 142 Å². The summed E-state index contributed by atoms with van der Waals surface area (Å²) in [5.41, 5.74) is 2.03. The van der Waals surface area contributed by atoms with Crippen LogP contribution in [0.25, 0.3) is 5.82 Å². The minimum atomic E-state index is 0.742. The summed E-state index contributed by atoms with van der Waals surface area (Å²) in [4.78, 5) is 6.35. The van der Waals surface area contributed by atoms with Crippen LogP contribution in [0, 0.1) is 20.8 Å². The molecule has 0 aliphatic heterocycles. The molecule has 0 spiro atoms. The molecule has 126 valence electrons. The molecule has 0 radical (unpaired) electrons. The Morgan fingerprint density at radius 2 is 1.96 bits per heavy atom. The average Bonchev–Trinajstić information content (AvgIpc) is 3.12. The second-order valence-corrected chi connectivity index (χ2v) is 6.03. The molecule has 0 saturated heterocycles. The van der Waals surface area contributed by atoms with E-state index in [9.17, 15) is 0 Å². The SMILES string of the molecule is Cc1cc(C)n(-c2ccc(N(C)CCCn3ccnc3C)nn2)n1. The maximum absolute atomic E-state index is 4.43. The summed E-state index contributed by atoms with van der Waals surface area (Å²) in [6, 6.07) is 5.97. The molecule has 0 saturated carbocycles. The van der Waals surface area contributed by atoms with Crippen LogP contribution in [0.3, 0.4) is 0 Å². The molecule has 0 unspecified atom stereocenters. The minimum Gasteiger partial charge on any atom is -0.358 e. The first-order valence-electron chi connectivity index (χ1n) is 8.11. The van der Waals surface area contributed by atoms with Gasteiger partial charge in [0.1, 0.15) is 5.82 Å². The quantitative estimate of drug-likeness (QED) is 0.696. The Hall–Kier alpha value is -2.70. The van der Waals surface area contributed by atoms with Gasteiger partial charge in [0.05, 0.1) is 5.69 Å². The number of aromatic nitrogens is 6. The molecule has 3 rings (SSSR count). The van der Waals surface area contributed by atoms with Crippen molar-refractivity contribution in [3.63, 3.8) is 0 Å². The normalized spacial score (nSPS) is 11.0. The van der Waals surface area contributed by atoms with Gasteiger partial charge in [0, 0.05) is 38.2 Å². The highest BCUT2D eigenvalue weighted by Gasteiger charge is 2.08. The third-order valence-electron chi connectivity index (χ3n) is 4.07. The van der Waals surface area contributed by atoms with E-state index in [1.807, 2.05) is 63.1 Å². The van der Waals surface area contributed by atoms with Gasteiger partial charge in [-0.1, -0.05) is 0 Å². The van der Waals surface area contributed by atoms with Crippen LogP contribution in [-0.4, -0.2) is 43.1 Å². The fourth-order valence-corrected chi connectivity index (χ4v) is 2.73. The number of aryl methyl sites for hydroxylation is 4.